The molecule has 5 heteroatoms. The van der Waals surface area contributed by atoms with E-state index >= 15 is 0 Å². The topological polar surface area (TPSA) is 47.3 Å². The molecular formula is C13H21BrN2OS. The van der Waals surface area contributed by atoms with Crippen LogP contribution in [0.3, 0.4) is 0 Å². The van der Waals surface area contributed by atoms with Crippen molar-refractivity contribution < 1.29 is 4.74 Å². The SMILES string of the molecule is CC1(C)CC(C(NN)c2csc(Br)c2)C(C)(C)O1. The van der Waals surface area contributed by atoms with Gasteiger partial charge in [-0.15, -0.1) is 11.3 Å². The molecule has 1 saturated heterocycles. The molecule has 0 radical (unpaired) electrons. The van der Waals surface area contributed by atoms with Gasteiger partial charge >= 0.3 is 0 Å². The minimum absolute atomic E-state index is 0.0868. The van der Waals surface area contributed by atoms with E-state index in [4.69, 9.17) is 10.6 Å². The van der Waals surface area contributed by atoms with Crippen molar-refractivity contribution in [2.24, 2.45) is 11.8 Å². The van der Waals surface area contributed by atoms with Crippen LogP contribution in [0, 0.1) is 5.92 Å². The standard InChI is InChI=1S/C13H21BrN2OS/c1-12(2)6-9(13(3,4)17-12)11(16-15)8-5-10(14)18-7-8/h5,7,9,11,16H,6,15H2,1-4H3. The van der Waals surface area contributed by atoms with E-state index in [2.05, 4.69) is 60.5 Å². The number of nitrogens with two attached hydrogens (primary N) is 1. The third kappa shape index (κ3) is 2.80. The van der Waals surface area contributed by atoms with Crippen molar-refractivity contribution in [2.45, 2.75) is 51.4 Å². The lowest BCUT2D eigenvalue weighted by Crippen LogP contribution is -2.41. The molecule has 1 aliphatic rings. The fraction of sp³-hybridized carbons (Fsp3) is 0.692. The molecule has 0 saturated carbocycles. The number of nitrogens with one attached hydrogen (secondary N) is 1. The normalized spacial score (nSPS) is 27.3. The Balaban J connectivity index is 2.28. The highest BCUT2D eigenvalue weighted by Crippen LogP contribution is 2.48. The van der Waals surface area contributed by atoms with Crippen molar-refractivity contribution in [3.63, 3.8) is 0 Å². The number of halogens is 1. The summed E-state index contributed by atoms with van der Waals surface area (Å²) in [6.07, 6.45) is 1.00. The van der Waals surface area contributed by atoms with E-state index in [1.165, 1.54) is 5.56 Å². The molecule has 0 aliphatic carbocycles. The van der Waals surface area contributed by atoms with Gasteiger partial charge in [-0.25, -0.2) is 0 Å². The van der Waals surface area contributed by atoms with Crippen LogP contribution in [0.25, 0.3) is 0 Å². The molecule has 0 bridgehead atoms. The first kappa shape index (κ1) is 14.5. The molecule has 0 amide bonds. The van der Waals surface area contributed by atoms with Gasteiger partial charge in [0.2, 0.25) is 0 Å². The molecule has 0 spiro atoms. The number of hydrogen-bond acceptors (Lipinski definition) is 4. The van der Waals surface area contributed by atoms with Crippen LogP contribution in [0.1, 0.15) is 45.7 Å². The smallest absolute Gasteiger partial charge is 0.0701 e. The number of rotatable bonds is 3. The van der Waals surface area contributed by atoms with Crippen LogP contribution in [0.2, 0.25) is 0 Å². The summed E-state index contributed by atoms with van der Waals surface area (Å²) in [7, 11) is 0. The largest absolute Gasteiger partial charge is 0.369 e. The Hall–Kier alpha value is 0.0600. The number of hydrogen-bond donors (Lipinski definition) is 2. The van der Waals surface area contributed by atoms with Gasteiger partial charge in [0.15, 0.2) is 0 Å². The van der Waals surface area contributed by atoms with Gasteiger partial charge in [0.1, 0.15) is 0 Å². The van der Waals surface area contributed by atoms with E-state index in [-0.39, 0.29) is 17.2 Å². The Labute approximate surface area is 121 Å². The highest BCUT2D eigenvalue weighted by Gasteiger charge is 2.49. The molecule has 1 fully saturated rings. The summed E-state index contributed by atoms with van der Waals surface area (Å²) in [5.41, 5.74) is 3.94. The molecule has 102 valence electrons. The quantitative estimate of drug-likeness (QED) is 0.656. The zero-order valence-corrected chi connectivity index (χ0v) is 13.7. The lowest BCUT2D eigenvalue weighted by molar-refractivity contribution is -0.0778. The average Bonchev–Trinajstić information content (AvgIpc) is 2.70. The molecule has 18 heavy (non-hydrogen) atoms. The Morgan fingerprint density at radius 1 is 1.50 bits per heavy atom. The Kier molecular flexibility index (Phi) is 3.91. The first-order chi connectivity index (χ1) is 8.25. The highest BCUT2D eigenvalue weighted by atomic mass is 79.9. The van der Waals surface area contributed by atoms with Crippen LogP contribution in [0.15, 0.2) is 15.2 Å². The second kappa shape index (κ2) is 4.87. The second-order valence-corrected chi connectivity index (χ2v) is 8.39. The second-order valence-electron chi connectivity index (χ2n) is 6.10. The number of hydrazine groups is 1. The van der Waals surface area contributed by atoms with Crippen LogP contribution in [0.5, 0.6) is 0 Å². The summed E-state index contributed by atoms with van der Waals surface area (Å²) in [4.78, 5) is 0. The molecule has 2 rings (SSSR count). The van der Waals surface area contributed by atoms with Gasteiger partial charge in [0.05, 0.1) is 21.0 Å². The van der Waals surface area contributed by atoms with E-state index < -0.39 is 0 Å². The Morgan fingerprint density at radius 2 is 2.17 bits per heavy atom. The maximum Gasteiger partial charge on any atom is 0.0701 e. The van der Waals surface area contributed by atoms with Crippen LogP contribution in [-0.2, 0) is 4.74 Å². The van der Waals surface area contributed by atoms with E-state index in [0.717, 1.165) is 10.2 Å². The highest BCUT2D eigenvalue weighted by molar-refractivity contribution is 9.11. The third-order valence-electron chi connectivity index (χ3n) is 3.67. The van der Waals surface area contributed by atoms with Gasteiger partial charge in [-0.2, -0.15) is 0 Å². The van der Waals surface area contributed by atoms with Crippen molar-refractivity contribution in [3.05, 3.63) is 20.8 Å². The van der Waals surface area contributed by atoms with Crippen LogP contribution < -0.4 is 11.3 Å². The maximum absolute atomic E-state index is 6.16. The third-order valence-corrected chi connectivity index (χ3v) is 5.20. The summed E-state index contributed by atoms with van der Waals surface area (Å²) in [5, 5.41) is 2.15. The summed E-state index contributed by atoms with van der Waals surface area (Å²) in [6, 6.07) is 2.26. The molecule has 3 N–H and O–H groups in total. The lowest BCUT2D eigenvalue weighted by atomic mass is 9.80. The zero-order chi connectivity index (χ0) is 13.6. The van der Waals surface area contributed by atoms with E-state index in [1.807, 2.05) is 0 Å². The predicted molar refractivity (Wildman–Crippen MR) is 79.4 cm³/mol. The van der Waals surface area contributed by atoms with Gasteiger partial charge in [0, 0.05) is 5.92 Å². The number of ether oxygens (including phenoxy) is 1. The van der Waals surface area contributed by atoms with Gasteiger partial charge in [-0.05, 0) is 67.1 Å². The van der Waals surface area contributed by atoms with Gasteiger partial charge in [-0.3, -0.25) is 11.3 Å². The first-order valence-corrected chi connectivity index (χ1v) is 7.83. The number of thiophene rings is 1. The fourth-order valence-corrected chi connectivity index (χ4v) is 4.27. The van der Waals surface area contributed by atoms with Gasteiger partial charge < -0.3 is 4.74 Å². The Bertz CT molecular complexity index is 430. The van der Waals surface area contributed by atoms with Gasteiger partial charge in [-0.1, -0.05) is 0 Å². The maximum atomic E-state index is 6.16. The van der Waals surface area contributed by atoms with Crippen molar-refractivity contribution in [2.75, 3.05) is 0 Å². The molecule has 2 atom stereocenters. The average molecular weight is 333 g/mol. The molecule has 0 aromatic carbocycles. The molecular weight excluding hydrogens is 312 g/mol. The molecule has 1 aromatic heterocycles. The molecule has 1 aliphatic heterocycles. The summed E-state index contributed by atoms with van der Waals surface area (Å²) >= 11 is 5.20. The van der Waals surface area contributed by atoms with Crippen LogP contribution in [0.4, 0.5) is 0 Å². The molecule has 3 nitrogen and oxygen atoms in total. The van der Waals surface area contributed by atoms with E-state index in [0.29, 0.717) is 5.92 Å². The Morgan fingerprint density at radius 3 is 2.56 bits per heavy atom. The van der Waals surface area contributed by atoms with Crippen molar-refractivity contribution in [1.82, 2.24) is 5.43 Å². The minimum atomic E-state index is -0.172. The first-order valence-electron chi connectivity index (χ1n) is 6.15. The van der Waals surface area contributed by atoms with Gasteiger partial charge in [0.25, 0.3) is 0 Å². The van der Waals surface area contributed by atoms with E-state index in [1.54, 1.807) is 11.3 Å². The predicted octanol–water partition coefficient (Wildman–Crippen LogP) is 3.61. The van der Waals surface area contributed by atoms with Crippen molar-refractivity contribution in [1.29, 1.82) is 0 Å². The van der Waals surface area contributed by atoms with Crippen LogP contribution >= 0.6 is 27.3 Å². The monoisotopic (exact) mass is 332 g/mol. The lowest BCUT2D eigenvalue weighted by Gasteiger charge is -2.32. The summed E-state index contributed by atoms with van der Waals surface area (Å²) in [5.74, 6) is 6.15. The zero-order valence-electron chi connectivity index (χ0n) is 11.3. The minimum Gasteiger partial charge on any atom is -0.369 e. The van der Waals surface area contributed by atoms with Crippen LogP contribution in [-0.4, -0.2) is 11.2 Å². The van der Waals surface area contributed by atoms with E-state index in [9.17, 15) is 0 Å². The summed E-state index contributed by atoms with van der Waals surface area (Å²) in [6.45, 7) is 8.59. The fourth-order valence-electron chi connectivity index (χ4n) is 3.06. The molecule has 2 unspecified atom stereocenters. The molecule has 1 aromatic rings. The summed E-state index contributed by atoms with van der Waals surface area (Å²) < 4.78 is 7.29. The van der Waals surface area contributed by atoms with Crippen molar-refractivity contribution in [3.8, 4) is 0 Å². The molecule has 2 heterocycles. The van der Waals surface area contributed by atoms with Crippen molar-refractivity contribution >= 4 is 27.3 Å².